The van der Waals surface area contributed by atoms with Crippen LogP contribution in [0.25, 0.3) is 0 Å². The molecule has 4 nitrogen and oxygen atoms in total. The second-order valence-electron chi connectivity index (χ2n) is 5.35. The summed E-state index contributed by atoms with van der Waals surface area (Å²) in [6, 6.07) is 9.10. The normalized spacial score (nSPS) is 42.4. The number of halogens is 2. The third kappa shape index (κ3) is 1.50. The molecule has 3 saturated heterocycles. The Labute approximate surface area is 132 Å². The summed E-state index contributed by atoms with van der Waals surface area (Å²) in [6.45, 7) is 0. The Kier molecular flexibility index (Phi) is 2.85. The molecule has 0 saturated carbocycles. The third-order valence-corrected chi connectivity index (χ3v) is 7.26. The van der Waals surface area contributed by atoms with Crippen LogP contribution in [0, 0.1) is 11.8 Å². The van der Waals surface area contributed by atoms with Crippen molar-refractivity contribution in [2.45, 2.75) is 21.9 Å². The molecular weight excluding hydrogens is 390 g/mol. The van der Waals surface area contributed by atoms with Gasteiger partial charge in [-0.15, -0.1) is 0 Å². The number of fused-ring (bicyclic) bond motifs is 5. The zero-order chi connectivity index (χ0) is 14.0. The Morgan fingerprint density at radius 1 is 0.900 bits per heavy atom. The molecule has 3 heterocycles. The van der Waals surface area contributed by atoms with Gasteiger partial charge in [-0.25, -0.2) is 4.90 Å². The van der Waals surface area contributed by atoms with Crippen LogP contribution in [0.4, 0.5) is 5.69 Å². The summed E-state index contributed by atoms with van der Waals surface area (Å²) in [5, 5.41) is 0. The van der Waals surface area contributed by atoms with Crippen molar-refractivity contribution in [3.05, 3.63) is 30.3 Å². The fourth-order valence-electron chi connectivity index (χ4n) is 3.49. The lowest BCUT2D eigenvalue weighted by atomic mass is 9.81. The van der Waals surface area contributed by atoms with E-state index in [1.165, 1.54) is 4.90 Å². The topological polar surface area (TPSA) is 46.6 Å². The lowest BCUT2D eigenvalue weighted by Gasteiger charge is -2.24. The first-order valence-corrected chi connectivity index (χ1v) is 8.31. The molecule has 6 heteroatoms. The molecule has 3 fully saturated rings. The van der Waals surface area contributed by atoms with Crippen molar-refractivity contribution in [1.29, 1.82) is 0 Å². The molecule has 20 heavy (non-hydrogen) atoms. The first kappa shape index (κ1) is 13.0. The van der Waals surface area contributed by atoms with E-state index in [4.69, 9.17) is 4.74 Å². The van der Waals surface area contributed by atoms with Gasteiger partial charge in [0.05, 0.1) is 39.4 Å². The Hall–Kier alpha value is -0.720. The number of carbonyl (C=O) groups is 2. The van der Waals surface area contributed by atoms with Gasteiger partial charge in [0.15, 0.2) is 0 Å². The minimum Gasteiger partial charge on any atom is -0.371 e. The Morgan fingerprint density at radius 2 is 1.40 bits per heavy atom. The van der Waals surface area contributed by atoms with E-state index in [0.29, 0.717) is 5.69 Å². The molecule has 0 radical (unpaired) electrons. The van der Waals surface area contributed by atoms with E-state index >= 15 is 0 Å². The molecule has 2 amide bonds. The lowest BCUT2D eigenvalue weighted by molar-refractivity contribution is -0.124. The molecular formula is C14H11Br2NO3. The molecule has 0 spiro atoms. The average Bonchev–Trinajstić information content (AvgIpc) is 3.05. The fraction of sp³-hybridized carbons (Fsp3) is 0.429. The number of imide groups is 1. The zero-order valence-corrected chi connectivity index (χ0v) is 13.5. The number of carbonyl (C=O) groups excluding carboxylic acids is 2. The number of anilines is 1. The highest BCUT2D eigenvalue weighted by atomic mass is 79.9. The Morgan fingerprint density at radius 3 is 1.90 bits per heavy atom. The van der Waals surface area contributed by atoms with Gasteiger partial charge in [-0.2, -0.15) is 0 Å². The van der Waals surface area contributed by atoms with Gasteiger partial charge in [0.1, 0.15) is 0 Å². The maximum atomic E-state index is 12.6. The van der Waals surface area contributed by atoms with Gasteiger partial charge >= 0.3 is 0 Å². The van der Waals surface area contributed by atoms with Crippen LogP contribution in [0.1, 0.15) is 0 Å². The number of rotatable bonds is 1. The van der Waals surface area contributed by atoms with Crippen molar-refractivity contribution in [2.75, 3.05) is 4.90 Å². The molecule has 4 rings (SSSR count). The SMILES string of the molecule is O=C1[C@@H]2[C@H]3O[C@@H]([C@H](Br)[C@H]3Br)[C@H]2C(=O)N1c1ccccc1. The number of para-hydroxylation sites is 1. The van der Waals surface area contributed by atoms with E-state index in [0.717, 1.165) is 0 Å². The highest BCUT2D eigenvalue weighted by Crippen LogP contribution is 2.53. The molecule has 0 unspecified atom stereocenters. The molecule has 1 aromatic carbocycles. The van der Waals surface area contributed by atoms with E-state index in [1.54, 1.807) is 12.1 Å². The summed E-state index contributed by atoms with van der Waals surface area (Å²) in [6.07, 6.45) is -0.445. The predicted octanol–water partition coefficient (Wildman–Crippen LogP) is 2.10. The van der Waals surface area contributed by atoms with Crippen LogP contribution in [-0.4, -0.2) is 33.7 Å². The third-order valence-electron chi connectivity index (χ3n) is 4.37. The molecule has 104 valence electrons. The number of ether oxygens (including phenoxy) is 1. The highest BCUT2D eigenvalue weighted by molar-refractivity contribution is 9.12. The molecule has 6 atom stereocenters. The van der Waals surface area contributed by atoms with Crippen LogP contribution >= 0.6 is 31.9 Å². The van der Waals surface area contributed by atoms with Gasteiger partial charge in [-0.05, 0) is 12.1 Å². The van der Waals surface area contributed by atoms with Crippen molar-refractivity contribution in [1.82, 2.24) is 0 Å². The van der Waals surface area contributed by atoms with Crippen LogP contribution in [0.3, 0.4) is 0 Å². The number of benzene rings is 1. The number of amides is 2. The van der Waals surface area contributed by atoms with Crippen LogP contribution in [0.15, 0.2) is 30.3 Å². The molecule has 3 aliphatic rings. The van der Waals surface area contributed by atoms with Crippen molar-refractivity contribution in [3.8, 4) is 0 Å². The van der Waals surface area contributed by atoms with E-state index in [2.05, 4.69) is 31.9 Å². The van der Waals surface area contributed by atoms with Gasteiger partial charge < -0.3 is 4.74 Å². The largest absolute Gasteiger partial charge is 0.371 e. The summed E-state index contributed by atoms with van der Waals surface area (Å²) < 4.78 is 5.83. The van der Waals surface area contributed by atoms with Gasteiger partial charge in [0, 0.05) is 0 Å². The quantitative estimate of drug-likeness (QED) is 0.535. The molecule has 1 aromatic rings. The number of alkyl halides is 2. The summed E-state index contributed by atoms with van der Waals surface area (Å²) in [7, 11) is 0. The lowest BCUT2D eigenvalue weighted by Crippen LogP contribution is -2.42. The van der Waals surface area contributed by atoms with Gasteiger partial charge in [0.25, 0.3) is 0 Å². The minimum atomic E-state index is -0.356. The van der Waals surface area contributed by atoms with Gasteiger partial charge in [-0.3, -0.25) is 9.59 Å². The molecule has 0 aliphatic carbocycles. The Bertz CT molecular complexity index is 561. The first-order valence-electron chi connectivity index (χ1n) is 6.47. The van der Waals surface area contributed by atoms with Crippen LogP contribution in [0.5, 0.6) is 0 Å². The van der Waals surface area contributed by atoms with Crippen LogP contribution in [0.2, 0.25) is 0 Å². The second-order valence-corrected chi connectivity index (χ2v) is 7.47. The van der Waals surface area contributed by atoms with Crippen molar-refractivity contribution in [2.24, 2.45) is 11.8 Å². The maximum absolute atomic E-state index is 12.6. The number of hydrogen-bond acceptors (Lipinski definition) is 3. The Balaban J connectivity index is 1.75. The number of nitrogens with zero attached hydrogens (tertiary/aromatic N) is 1. The maximum Gasteiger partial charge on any atom is 0.240 e. The standard InChI is InChI=1S/C14H11Br2NO3/c15-9-10(16)12-8-7(11(9)20-12)13(18)17(14(8)19)6-4-2-1-3-5-6/h1-5,7-12H/t7-,8-,9+,10+,11+,12+/m0/s1. The van der Waals surface area contributed by atoms with E-state index in [1.807, 2.05) is 18.2 Å². The summed E-state index contributed by atoms with van der Waals surface area (Å²) in [4.78, 5) is 26.7. The fourth-order valence-corrected chi connectivity index (χ4v) is 5.00. The second kappa shape index (κ2) is 4.39. The monoisotopic (exact) mass is 399 g/mol. The van der Waals surface area contributed by atoms with Crippen molar-refractivity contribution < 1.29 is 14.3 Å². The van der Waals surface area contributed by atoms with Gasteiger partial charge in [-0.1, -0.05) is 50.1 Å². The first-order chi connectivity index (χ1) is 9.61. The zero-order valence-electron chi connectivity index (χ0n) is 10.3. The van der Waals surface area contributed by atoms with E-state index < -0.39 is 0 Å². The molecule has 2 bridgehead atoms. The van der Waals surface area contributed by atoms with Gasteiger partial charge in [0.2, 0.25) is 11.8 Å². The summed E-state index contributed by atoms with van der Waals surface area (Å²) >= 11 is 7.13. The minimum absolute atomic E-state index is 0.0706. The van der Waals surface area contributed by atoms with Crippen LogP contribution in [-0.2, 0) is 14.3 Å². The summed E-state index contributed by atoms with van der Waals surface area (Å²) in [5.74, 6) is -0.984. The average molecular weight is 401 g/mol. The predicted molar refractivity (Wildman–Crippen MR) is 80.0 cm³/mol. The van der Waals surface area contributed by atoms with Crippen molar-refractivity contribution >= 4 is 49.4 Å². The highest BCUT2D eigenvalue weighted by Gasteiger charge is 2.68. The number of hydrogen-bond donors (Lipinski definition) is 0. The van der Waals surface area contributed by atoms with E-state index in [-0.39, 0.29) is 45.5 Å². The van der Waals surface area contributed by atoms with Crippen molar-refractivity contribution in [3.63, 3.8) is 0 Å². The summed E-state index contributed by atoms with van der Waals surface area (Å²) in [5.41, 5.74) is 0.647. The molecule has 3 aliphatic heterocycles. The smallest absolute Gasteiger partial charge is 0.240 e. The molecule has 0 N–H and O–H groups in total. The van der Waals surface area contributed by atoms with E-state index in [9.17, 15) is 9.59 Å². The molecule has 0 aromatic heterocycles. The van der Waals surface area contributed by atoms with Crippen LogP contribution < -0.4 is 4.90 Å².